The number of carbonyl (C=O) groups excluding carboxylic acids is 1. The summed E-state index contributed by atoms with van der Waals surface area (Å²) in [6.07, 6.45) is 0. The Morgan fingerprint density at radius 3 is 2.21 bits per heavy atom. The minimum absolute atomic E-state index is 0.164. The summed E-state index contributed by atoms with van der Waals surface area (Å²) >= 11 is 0. The van der Waals surface area contributed by atoms with Crippen LogP contribution in [0.25, 0.3) is 0 Å². The Bertz CT molecular complexity index is 1090. The largest absolute Gasteiger partial charge is 0.484 e. The second-order valence-corrected chi connectivity index (χ2v) is 8.24. The Morgan fingerprint density at radius 2 is 1.64 bits per heavy atom. The normalized spacial score (nSPS) is 11.2. The van der Waals surface area contributed by atoms with E-state index < -0.39 is 9.84 Å². The fraction of sp³-hybridized carbons (Fsp3) is 0.200. The average Bonchev–Trinajstić information content (AvgIpc) is 2.93. The highest BCUT2D eigenvalue weighted by Gasteiger charge is 2.17. The molecular weight excluding hydrogens is 378 g/mol. The number of aryl methyl sites for hydroxylation is 2. The van der Waals surface area contributed by atoms with E-state index in [0.29, 0.717) is 11.4 Å². The molecular formula is C20H21N3O4S. The highest BCUT2D eigenvalue weighted by molar-refractivity contribution is 7.91. The van der Waals surface area contributed by atoms with E-state index >= 15 is 0 Å². The van der Waals surface area contributed by atoms with Gasteiger partial charge < -0.3 is 10.1 Å². The van der Waals surface area contributed by atoms with Crippen LogP contribution in [-0.2, 0) is 21.7 Å². The zero-order chi connectivity index (χ0) is 20.3. The molecule has 0 unspecified atom stereocenters. The first-order valence-electron chi connectivity index (χ1n) is 8.62. The van der Waals surface area contributed by atoms with Crippen molar-refractivity contribution in [3.8, 4) is 5.75 Å². The molecule has 0 bridgehead atoms. The van der Waals surface area contributed by atoms with Gasteiger partial charge in [-0.1, -0.05) is 18.2 Å². The molecule has 1 N–H and O–H groups in total. The van der Waals surface area contributed by atoms with Gasteiger partial charge in [0.2, 0.25) is 9.84 Å². The van der Waals surface area contributed by atoms with Crippen LogP contribution in [-0.4, -0.2) is 30.7 Å². The fourth-order valence-electron chi connectivity index (χ4n) is 2.73. The van der Waals surface area contributed by atoms with Gasteiger partial charge in [0.05, 0.1) is 26.9 Å². The molecule has 0 saturated carbocycles. The van der Waals surface area contributed by atoms with Gasteiger partial charge in [0, 0.05) is 7.05 Å². The lowest BCUT2D eigenvalue weighted by Crippen LogP contribution is -2.21. The van der Waals surface area contributed by atoms with E-state index in [1.54, 1.807) is 42.1 Å². The SMILES string of the molecule is Cc1nn(C)c(C)c1NC(=O)COc1ccc(S(=O)(=O)c2ccccc2)cc1. The molecule has 1 aromatic heterocycles. The number of nitrogens with one attached hydrogen (secondary N) is 1. The van der Waals surface area contributed by atoms with Crippen LogP contribution in [0.1, 0.15) is 11.4 Å². The van der Waals surface area contributed by atoms with Crippen molar-refractivity contribution in [2.45, 2.75) is 23.6 Å². The molecule has 1 amide bonds. The molecule has 0 radical (unpaired) electrons. The minimum Gasteiger partial charge on any atom is -0.484 e. The van der Waals surface area contributed by atoms with E-state index in [1.165, 1.54) is 24.3 Å². The summed E-state index contributed by atoms with van der Waals surface area (Å²) in [5.41, 5.74) is 2.24. The Labute approximate surface area is 163 Å². The zero-order valence-electron chi connectivity index (χ0n) is 15.8. The van der Waals surface area contributed by atoms with Gasteiger partial charge >= 0.3 is 0 Å². The Hall–Kier alpha value is -3.13. The monoisotopic (exact) mass is 399 g/mol. The summed E-state index contributed by atoms with van der Waals surface area (Å²) in [5.74, 6) is 0.0852. The van der Waals surface area contributed by atoms with Crippen LogP contribution in [0, 0.1) is 13.8 Å². The Kier molecular flexibility index (Phi) is 5.51. The summed E-state index contributed by atoms with van der Waals surface area (Å²) in [6, 6.07) is 14.2. The minimum atomic E-state index is -3.58. The molecule has 1 heterocycles. The molecule has 0 saturated heterocycles. The van der Waals surface area contributed by atoms with Crippen LogP contribution in [0.2, 0.25) is 0 Å². The number of sulfone groups is 1. The number of nitrogens with zero attached hydrogens (tertiary/aromatic N) is 2. The van der Waals surface area contributed by atoms with Gasteiger partial charge in [-0.25, -0.2) is 8.42 Å². The molecule has 146 valence electrons. The van der Waals surface area contributed by atoms with Gasteiger partial charge in [-0.15, -0.1) is 0 Å². The van der Waals surface area contributed by atoms with Gasteiger partial charge in [0.25, 0.3) is 5.91 Å². The van der Waals surface area contributed by atoms with E-state index in [9.17, 15) is 13.2 Å². The lowest BCUT2D eigenvalue weighted by Gasteiger charge is -2.09. The number of amides is 1. The summed E-state index contributed by atoms with van der Waals surface area (Å²) in [6.45, 7) is 3.48. The van der Waals surface area contributed by atoms with Gasteiger partial charge in [0.1, 0.15) is 5.75 Å². The number of hydrogen-bond donors (Lipinski definition) is 1. The number of carbonyl (C=O) groups is 1. The average molecular weight is 399 g/mol. The third-order valence-corrected chi connectivity index (χ3v) is 6.12. The highest BCUT2D eigenvalue weighted by atomic mass is 32.2. The van der Waals surface area contributed by atoms with Crippen LogP contribution in [0.4, 0.5) is 5.69 Å². The number of benzene rings is 2. The predicted molar refractivity (Wildman–Crippen MR) is 105 cm³/mol. The van der Waals surface area contributed by atoms with Crippen molar-refractivity contribution in [3.05, 3.63) is 66.0 Å². The van der Waals surface area contributed by atoms with Crippen molar-refractivity contribution in [2.24, 2.45) is 7.05 Å². The van der Waals surface area contributed by atoms with E-state index in [2.05, 4.69) is 10.4 Å². The van der Waals surface area contributed by atoms with E-state index in [4.69, 9.17) is 4.74 Å². The molecule has 0 atom stereocenters. The zero-order valence-corrected chi connectivity index (χ0v) is 16.7. The summed E-state index contributed by atoms with van der Waals surface area (Å²) < 4.78 is 32.3. The van der Waals surface area contributed by atoms with Crippen molar-refractivity contribution < 1.29 is 17.9 Å². The molecule has 28 heavy (non-hydrogen) atoms. The van der Waals surface area contributed by atoms with E-state index in [1.807, 2.05) is 13.8 Å². The van der Waals surface area contributed by atoms with Gasteiger partial charge in [0.15, 0.2) is 6.61 Å². The van der Waals surface area contributed by atoms with Crippen molar-refractivity contribution in [1.82, 2.24) is 9.78 Å². The Balaban J connectivity index is 1.64. The molecule has 0 aliphatic carbocycles. The fourth-order valence-corrected chi connectivity index (χ4v) is 4.01. The van der Waals surface area contributed by atoms with Gasteiger partial charge in [-0.2, -0.15) is 5.10 Å². The summed E-state index contributed by atoms with van der Waals surface area (Å²) in [4.78, 5) is 12.5. The quantitative estimate of drug-likeness (QED) is 0.688. The maximum absolute atomic E-state index is 12.6. The molecule has 3 aromatic rings. The first-order chi connectivity index (χ1) is 13.3. The van der Waals surface area contributed by atoms with Crippen LogP contribution < -0.4 is 10.1 Å². The van der Waals surface area contributed by atoms with Crippen LogP contribution >= 0.6 is 0 Å². The van der Waals surface area contributed by atoms with E-state index in [0.717, 1.165) is 11.4 Å². The third kappa shape index (κ3) is 4.07. The first kappa shape index (κ1) is 19.6. The third-order valence-electron chi connectivity index (χ3n) is 4.33. The number of rotatable bonds is 6. The molecule has 2 aromatic carbocycles. The van der Waals surface area contributed by atoms with E-state index in [-0.39, 0.29) is 22.3 Å². The second kappa shape index (κ2) is 7.85. The van der Waals surface area contributed by atoms with Crippen LogP contribution in [0.15, 0.2) is 64.4 Å². The van der Waals surface area contributed by atoms with Crippen LogP contribution in [0.5, 0.6) is 5.75 Å². The Morgan fingerprint density at radius 1 is 1.04 bits per heavy atom. The summed E-state index contributed by atoms with van der Waals surface area (Å²) in [7, 11) is -1.77. The van der Waals surface area contributed by atoms with Crippen molar-refractivity contribution in [2.75, 3.05) is 11.9 Å². The first-order valence-corrected chi connectivity index (χ1v) is 10.1. The number of anilines is 1. The van der Waals surface area contributed by atoms with Crippen LogP contribution in [0.3, 0.4) is 0 Å². The molecule has 0 fully saturated rings. The van der Waals surface area contributed by atoms with Crippen molar-refractivity contribution in [3.63, 3.8) is 0 Å². The highest BCUT2D eigenvalue weighted by Crippen LogP contribution is 2.23. The maximum atomic E-state index is 12.6. The predicted octanol–water partition coefficient (Wildman–Crippen LogP) is 2.89. The maximum Gasteiger partial charge on any atom is 0.262 e. The van der Waals surface area contributed by atoms with Crippen molar-refractivity contribution >= 4 is 21.4 Å². The summed E-state index contributed by atoms with van der Waals surface area (Å²) in [5, 5.41) is 7.03. The molecule has 8 heteroatoms. The van der Waals surface area contributed by atoms with Gasteiger partial charge in [-0.05, 0) is 50.2 Å². The molecule has 0 aliphatic heterocycles. The molecule has 0 aliphatic rings. The lowest BCUT2D eigenvalue weighted by molar-refractivity contribution is -0.118. The van der Waals surface area contributed by atoms with Crippen molar-refractivity contribution in [1.29, 1.82) is 0 Å². The standard InChI is InChI=1S/C20H21N3O4S/c1-14-20(15(2)23(3)22-14)21-19(24)13-27-16-9-11-18(12-10-16)28(25,26)17-7-5-4-6-8-17/h4-12H,13H2,1-3H3,(H,21,24). The molecule has 3 rings (SSSR count). The second-order valence-electron chi connectivity index (χ2n) is 6.29. The topological polar surface area (TPSA) is 90.3 Å². The molecule has 0 spiro atoms. The number of ether oxygens (including phenoxy) is 1. The van der Waals surface area contributed by atoms with Gasteiger partial charge in [-0.3, -0.25) is 9.48 Å². The number of aromatic nitrogens is 2. The number of hydrogen-bond acceptors (Lipinski definition) is 5. The smallest absolute Gasteiger partial charge is 0.262 e. The molecule has 7 nitrogen and oxygen atoms in total. The lowest BCUT2D eigenvalue weighted by atomic mass is 10.3.